The van der Waals surface area contributed by atoms with Gasteiger partial charge in [-0.05, 0) is 6.92 Å². The van der Waals surface area contributed by atoms with Crippen LogP contribution in [0.15, 0.2) is 0 Å². The van der Waals surface area contributed by atoms with Crippen molar-refractivity contribution >= 4 is 13.6 Å². The molecule has 0 radical (unpaired) electrons. The number of carbonyl (C=O) groups excluding carboxylic acids is 1. The number of hydrogen-bond donors (Lipinski definition) is 0. The zero-order valence-corrected chi connectivity index (χ0v) is 9.80. The summed E-state index contributed by atoms with van der Waals surface area (Å²) in [4.78, 5) is 11.1. The van der Waals surface area contributed by atoms with Crippen LogP contribution in [0.4, 0.5) is 13.2 Å². The predicted octanol–water partition coefficient (Wildman–Crippen LogP) is 1.97. The lowest BCUT2D eigenvalue weighted by Crippen LogP contribution is -2.27. The molecule has 96 valence electrons. The van der Waals surface area contributed by atoms with Crippen LogP contribution in [0.5, 0.6) is 0 Å². The van der Waals surface area contributed by atoms with Crippen LogP contribution in [-0.4, -0.2) is 38.6 Å². The fourth-order valence-corrected chi connectivity index (χ4v) is 1.91. The highest BCUT2D eigenvalue weighted by atomic mass is 31.2. The Kier molecular flexibility index (Phi) is 5.44. The Morgan fingerprint density at radius 2 is 1.75 bits per heavy atom. The Hall–Kier alpha value is -0.590. The molecule has 9 heteroatoms. The van der Waals surface area contributed by atoms with Crippen LogP contribution >= 0.6 is 7.60 Å². The molecule has 0 aromatic heterocycles. The number of alkyl halides is 3. The van der Waals surface area contributed by atoms with Gasteiger partial charge in [-0.25, -0.2) is 0 Å². The molecule has 0 N–H and O–H groups in total. The number of rotatable bonds is 5. The maximum absolute atomic E-state index is 11.7. The number of ether oxygens (including phenoxy) is 1. The van der Waals surface area contributed by atoms with Gasteiger partial charge in [-0.3, -0.25) is 9.36 Å². The highest BCUT2D eigenvalue weighted by molar-refractivity contribution is 7.55. The summed E-state index contributed by atoms with van der Waals surface area (Å²) < 4.78 is 59.6. The van der Waals surface area contributed by atoms with Crippen LogP contribution in [0.1, 0.15) is 6.92 Å². The van der Waals surface area contributed by atoms with Gasteiger partial charge in [0.1, 0.15) is 0 Å². The Balaban J connectivity index is 4.45. The van der Waals surface area contributed by atoms with E-state index in [4.69, 9.17) is 0 Å². The number of halogens is 3. The molecule has 1 unspecified atom stereocenters. The summed E-state index contributed by atoms with van der Waals surface area (Å²) in [5, 5.41) is 0. The number of esters is 1. The first-order valence-electron chi connectivity index (χ1n) is 4.11. The van der Waals surface area contributed by atoms with Gasteiger partial charge < -0.3 is 13.8 Å². The zero-order valence-electron chi connectivity index (χ0n) is 8.91. The van der Waals surface area contributed by atoms with E-state index in [2.05, 4.69) is 13.8 Å². The molecule has 0 saturated heterocycles. The van der Waals surface area contributed by atoms with Crippen molar-refractivity contribution in [2.45, 2.75) is 18.8 Å². The molecule has 0 aliphatic rings. The normalized spacial score (nSPS) is 14.6. The van der Waals surface area contributed by atoms with E-state index in [-0.39, 0.29) is 0 Å². The molecule has 0 bridgehead atoms. The molecule has 1 atom stereocenters. The minimum atomic E-state index is -4.63. The summed E-state index contributed by atoms with van der Waals surface area (Å²) in [7, 11) is -1.70. The molecule has 0 aliphatic carbocycles. The third-order valence-electron chi connectivity index (χ3n) is 1.70. The summed E-state index contributed by atoms with van der Waals surface area (Å²) in [5.74, 6) is -1.29. The molecule has 0 amide bonds. The van der Waals surface area contributed by atoms with Crippen LogP contribution < -0.4 is 0 Å². The van der Waals surface area contributed by atoms with Crippen molar-refractivity contribution in [2.75, 3.05) is 20.8 Å². The first-order chi connectivity index (χ1) is 7.16. The summed E-state index contributed by atoms with van der Waals surface area (Å²) in [6.07, 6.45) is -4.63. The lowest BCUT2D eigenvalue weighted by Gasteiger charge is -2.19. The van der Waals surface area contributed by atoms with Crippen molar-refractivity contribution in [1.82, 2.24) is 0 Å². The molecule has 0 fully saturated rings. The van der Waals surface area contributed by atoms with Crippen molar-refractivity contribution < 1.29 is 36.3 Å². The average Bonchev–Trinajstić information content (AvgIpc) is 2.22. The second kappa shape index (κ2) is 5.65. The molecule has 0 rings (SSSR count). The molecule has 0 aromatic carbocycles. The molecule has 0 saturated carbocycles. The van der Waals surface area contributed by atoms with E-state index in [1.807, 2.05) is 0 Å². The fourth-order valence-electron chi connectivity index (χ4n) is 0.793. The topological polar surface area (TPSA) is 61.8 Å². The van der Waals surface area contributed by atoms with Crippen LogP contribution in [0.3, 0.4) is 0 Å². The van der Waals surface area contributed by atoms with E-state index < -0.39 is 32.0 Å². The number of carbonyl (C=O) groups is 1. The Bertz CT molecular complexity index is 282. The highest BCUT2D eigenvalue weighted by Crippen LogP contribution is 2.51. The fraction of sp³-hybridized carbons (Fsp3) is 0.857. The standard InChI is InChI=1S/C7H12F3O5P/c1-5(16(12,13-2)14-3)6(11)15-4-7(8,9)10/h5H,4H2,1-3H3. The van der Waals surface area contributed by atoms with Crippen molar-refractivity contribution in [3.63, 3.8) is 0 Å². The SMILES string of the molecule is COP(=O)(OC)C(C)C(=O)OCC(F)(F)F. The second-order valence-electron chi connectivity index (χ2n) is 2.80. The van der Waals surface area contributed by atoms with Gasteiger partial charge in [0.2, 0.25) is 0 Å². The summed E-state index contributed by atoms with van der Waals surface area (Å²) >= 11 is 0. The van der Waals surface area contributed by atoms with E-state index in [1.54, 1.807) is 0 Å². The van der Waals surface area contributed by atoms with Gasteiger partial charge in [-0.2, -0.15) is 13.2 Å². The van der Waals surface area contributed by atoms with Gasteiger partial charge in [0.05, 0.1) is 0 Å². The van der Waals surface area contributed by atoms with Gasteiger partial charge in [0, 0.05) is 14.2 Å². The van der Waals surface area contributed by atoms with Gasteiger partial charge >= 0.3 is 19.7 Å². The van der Waals surface area contributed by atoms with Crippen LogP contribution in [-0.2, 0) is 23.1 Å². The lowest BCUT2D eigenvalue weighted by molar-refractivity contribution is -0.186. The summed E-state index contributed by atoms with van der Waals surface area (Å²) in [6, 6.07) is 0. The van der Waals surface area contributed by atoms with E-state index in [0.29, 0.717) is 0 Å². The van der Waals surface area contributed by atoms with Gasteiger partial charge in [0.15, 0.2) is 12.3 Å². The van der Waals surface area contributed by atoms with Crippen LogP contribution in [0, 0.1) is 0 Å². The minimum absolute atomic E-state index is 1.03. The van der Waals surface area contributed by atoms with Crippen molar-refractivity contribution in [2.24, 2.45) is 0 Å². The quantitative estimate of drug-likeness (QED) is 0.561. The van der Waals surface area contributed by atoms with Crippen molar-refractivity contribution in [3.8, 4) is 0 Å². The zero-order chi connectivity index (χ0) is 13.0. The molecule has 0 heterocycles. The molecular formula is C7H12F3O5P. The molecule has 0 aliphatic heterocycles. The lowest BCUT2D eigenvalue weighted by atomic mass is 10.5. The first kappa shape index (κ1) is 15.4. The maximum atomic E-state index is 11.7. The highest BCUT2D eigenvalue weighted by Gasteiger charge is 2.39. The van der Waals surface area contributed by atoms with Crippen molar-refractivity contribution in [1.29, 1.82) is 0 Å². The smallest absolute Gasteiger partial charge is 0.422 e. The Morgan fingerprint density at radius 3 is 2.06 bits per heavy atom. The van der Waals surface area contributed by atoms with Crippen LogP contribution in [0.2, 0.25) is 0 Å². The van der Waals surface area contributed by atoms with E-state index in [0.717, 1.165) is 21.1 Å². The monoisotopic (exact) mass is 264 g/mol. The molecule has 0 aromatic rings. The third kappa shape index (κ3) is 4.51. The van der Waals surface area contributed by atoms with Gasteiger partial charge in [-0.1, -0.05) is 0 Å². The predicted molar refractivity (Wildman–Crippen MR) is 48.1 cm³/mol. The second-order valence-corrected chi connectivity index (χ2v) is 5.39. The molecule has 5 nitrogen and oxygen atoms in total. The third-order valence-corrected chi connectivity index (χ3v) is 3.88. The van der Waals surface area contributed by atoms with Crippen molar-refractivity contribution in [3.05, 3.63) is 0 Å². The molecule has 16 heavy (non-hydrogen) atoms. The minimum Gasteiger partial charge on any atom is -0.455 e. The average molecular weight is 264 g/mol. The summed E-state index contributed by atoms with van der Waals surface area (Å²) in [6.45, 7) is -0.629. The molecular weight excluding hydrogens is 252 g/mol. The Morgan fingerprint density at radius 1 is 1.31 bits per heavy atom. The largest absolute Gasteiger partial charge is 0.455 e. The van der Waals surface area contributed by atoms with E-state index >= 15 is 0 Å². The van der Waals surface area contributed by atoms with E-state index in [9.17, 15) is 22.5 Å². The molecule has 0 spiro atoms. The first-order valence-corrected chi connectivity index (χ1v) is 5.72. The van der Waals surface area contributed by atoms with Gasteiger partial charge in [0.25, 0.3) is 0 Å². The van der Waals surface area contributed by atoms with Crippen LogP contribution in [0.25, 0.3) is 0 Å². The summed E-state index contributed by atoms with van der Waals surface area (Å²) in [5.41, 5.74) is -1.41. The number of hydrogen-bond acceptors (Lipinski definition) is 5. The Labute approximate surface area is 90.4 Å². The van der Waals surface area contributed by atoms with E-state index in [1.165, 1.54) is 0 Å². The van der Waals surface area contributed by atoms with Gasteiger partial charge in [-0.15, -0.1) is 0 Å². The maximum Gasteiger partial charge on any atom is 0.422 e.